The molecule has 0 saturated heterocycles. The van der Waals surface area contributed by atoms with E-state index in [1.807, 2.05) is 22.6 Å². The van der Waals surface area contributed by atoms with Gasteiger partial charge in [-0.2, -0.15) is 0 Å². The van der Waals surface area contributed by atoms with Crippen molar-refractivity contribution in [2.24, 2.45) is 0 Å². The molecule has 0 saturated carbocycles. The number of halogens is 2. The van der Waals surface area contributed by atoms with Crippen molar-refractivity contribution in [2.45, 2.75) is 0 Å². The van der Waals surface area contributed by atoms with Gasteiger partial charge in [0.2, 0.25) is 0 Å². The average Bonchev–Trinajstić information content (AvgIpc) is 1.82. The van der Waals surface area contributed by atoms with Crippen LogP contribution in [0.1, 0.15) is 0 Å². The number of rotatable bonds is 0. The smallest absolute Gasteiger partial charge is 0.0382 e. The molecule has 0 unspecified atom stereocenters. The molecular formula is C7H6FINY-. The summed E-state index contributed by atoms with van der Waals surface area (Å²) in [4.78, 5) is 1.55. The summed E-state index contributed by atoms with van der Waals surface area (Å²) in [6.45, 7) is 3.53. The van der Waals surface area contributed by atoms with Crippen LogP contribution in [0, 0.1) is 6.20 Å². The first-order valence-corrected chi connectivity index (χ1v) is 3.78. The molecule has 1 aliphatic rings. The van der Waals surface area contributed by atoms with Crippen LogP contribution in [-0.2, 0) is 32.7 Å². The van der Waals surface area contributed by atoms with Crippen molar-refractivity contribution < 1.29 is 37.1 Å². The standard InChI is InChI=1S/C7H6FIN.Y/c1-5-6(8)3-10(2)4-7(5)9;/h3H,1H2,2H3;/q-1;. The van der Waals surface area contributed by atoms with Crippen molar-refractivity contribution >= 4 is 22.6 Å². The maximum absolute atomic E-state index is 12.7. The minimum atomic E-state index is -0.286. The molecule has 0 bridgehead atoms. The molecule has 0 spiro atoms. The van der Waals surface area contributed by atoms with Gasteiger partial charge in [-0.15, -0.1) is 6.58 Å². The fourth-order valence-electron chi connectivity index (χ4n) is 0.607. The minimum Gasteiger partial charge on any atom is -0.460 e. The van der Waals surface area contributed by atoms with E-state index in [-0.39, 0.29) is 38.5 Å². The van der Waals surface area contributed by atoms with Crippen molar-refractivity contribution in [1.82, 2.24) is 4.90 Å². The number of nitrogens with zero attached hydrogens (tertiary/aromatic N) is 1. The SMILES string of the molecule is C=C1C(I)=[C-]N(C)C=C1F.[Y]. The maximum Gasteiger partial charge on any atom is 0.0382 e. The van der Waals surface area contributed by atoms with E-state index in [0.717, 1.165) is 3.58 Å². The second-order valence-electron chi connectivity index (χ2n) is 1.99. The van der Waals surface area contributed by atoms with Crippen LogP contribution in [0.25, 0.3) is 0 Å². The second-order valence-corrected chi connectivity index (χ2v) is 3.07. The molecule has 4 heteroatoms. The molecule has 0 atom stereocenters. The van der Waals surface area contributed by atoms with Gasteiger partial charge < -0.3 is 4.90 Å². The molecule has 0 aromatic heterocycles. The molecule has 0 fully saturated rings. The first kappa shape index (κ1) is 11.8. The number of hydrogen-bond donors (Lipinski definition) is 0. The van der Waals surface area contributed by atoms with Crippen LogP contribution in [0.4, 0.5) is 4.39 Å². The zero-order valence-corrected chi connectivity index (χ0v) is 11.1. The summed E-state index contributed by atoms with van der Waals surface area (Å²) < 4.78 is 13.5. The predicted octanol–water partition coefficient (Wildman–Crippen LogP) is 2.38. The van der Waals surface area contributed by atoms with Crippen LogP contribution in [0.15, 0.2) is 27.8 Å². The summed E-state index contributed by atoms with van der Waals surface area (Å²) in [6, 6.07) is 0. The largest absolute Gasteiger partial charge is 0.460 e. The van der Waals surface area contributed by atoms with Crippen molar-refractivity contribution in [2.75, 3.05) is 7.05 Å². The summed E-state index contributed by atoms with van der Waals surface area (Å²) in [7, 11) is 1.73. The van der Waals surface area contributed by atoms with E-state index in [0.29, 0.717) is 5.57 Å². The van der Waals surface area contributed by atoms with E-state index in [1.54, 1.807) is 11.9 Å². The summed E-state index contributed by atoms with van der Waals surface area (Å²) in [5, 5.41) is 0. The zero-order chi connectivity index (χ0) is 7.72. The zero-order valence-electron chi connectivity index (χ0n) is 6.06. The van der Waals surface area contributed by atoms with Crippen LogP contribution in [0.5, 0.6) is 0 Å². The molecule has 57 valence electrons. The molecule has 0 aromatic rings. The van der Waals surface area contributed by atoms with Gasteiger partial charge >= 0.3 is 0 Å². The van der Waals surface area contributed by atoms with E-state index in [9.17, 15) is 4.39 Å². The van der Waals surface area contributed by atoms with E-state index < -0.39 is 0 Å². The molecule has 1 nitrogen and oxygen atoms in total. The number of allylic oxidation sites excluding steroid dienone is 3. The monoisotopic (exact) mass is 339 g/mol. The van der Waals surface area contributed by atoms with Crippen molar-refractivity contribution in [3.05, 3.63) is 34.0 Å². The third-order valence-corrected chi connectivity index (χ3v) is 2.03. The Bertz CT molecular complexity index is 213. The Labute approximate surface area is 104 Å². The molecule has 0 amide bonds. The van der Waals surface area contributed by atoms with Gasteiger partial charge in [-0.25, -0.2) is 4.39 Å². The summed E-state index contributed by atoms with van der Waals surface area (Å²) in [6.07, 6.45) is 4.23. The Morgan fingerprint density at radius 1 is 1.73 bits per heavy atom. The molecular weight excluding hydrogens is 333 g/mol. The summed E-state index contributed by atoms with van der Waals surface area (Å²) >= 11 is 2.00. The van der Waals surface area contributed by atoms with Gasteiger partial charge in [0.1, 0.15) is 0 Å². The Balaban J connectivity index is 0.000001000. The van der Waals surface area contributed by atoms with Gasteiger partial charge in [-0.1, -0.05) is 44.1 Å². The number of hydrogen-bond acceptors (Lipinski definition) is 1. The molecule has 0 aliphatic carbocycles. The first-order valence-electron chi connectivity index (χ1n) is 2.70. The summed E-state index contributed by atoms with van der Waals surface area (Å²) in [5.74, 6) is -0.286. The minimum absolute atomic E-state index is 0. The van der Waals surface area contributed by atoms with Crippen LogP contribution in [-0.4, -0.2) is 11.9 Å². The summed E-state index contributed by atoms with van der Waals surface area (Å²) in [5.41, 5.74) is 0.415. The van der Waals surface area contributed by atoms with E-state index in [4.69, 9.17) is 0 Å². The quantitative estimate of drug-likeness (QED) is 0.484. The molecule has 1 aliphatic heterocycles. The topological polar surface area (TPSA) is 3.24 Å². The third kappa shape index (κ3) is 2.95. The Morgan fingerprint density at radius 3 is 2.73 bits per heavy atom. The van der Waals surface area contributed by atoms with Gasteiger partial charge in [0.05, 0.1) is 0 Å². The second kappa shape index (κ2) is 4.72. The van der Waals surface area contributed by atoms with Crippen LogP contribution in [0.2, 0.25) is 0 Å². The normalized spacial score (nSPS) is 17.0. The van der Waals surface area contributed by atoms with Crippen LogP contribution < -0.4 is 0 Å². The van der Waals surface area contributed by atoms with E-state index in [2.05, 4.69) is 12.8 Å². The molecule has 1 rings (SSSR count). The van der Waals surface area contributed by atoms with E-state index >= 15 is 0 Å². The fourth-order valence-corrected chi connectivity index (χ4v) is 1.25. The Kier molecular flexibility index (Phi) is 5.06. The predicted molar refractivity (Wildman–Crippen MR) is 46.9 cm³/mol. The van der Waals surface area contributed by atoms with Gasteiger partial charge in [0.25, 0.3) is 0 Å². The molecule has 0 N–H and O–H groups in total. The van der Waals surface area contributed by atoms with Crippen molar-refractivity contribution in [3.63, 3.8) is 0 Å². The van der Waals surface area contributed by atoms with Crippen molar-refractivity contribution in [3.8, 4) is 0 Å². The molecule has 0 aromatic carbocycles. The third-order valence-electron chi connectivity index (χ3n) is 1.13. The maximum atomic E-state index is 12.7. The molecule has 1 radical (unpaired) electrons. The van der Waals surface area contributed by atoms with Gasteiger partial charge in [0.15, 0.2) is 0 Å². The first-order chi connectivity index (χ1) is 4.61. The fraction of sp³-hybridized carbons (Fsp3) is 0.143. The Morgan fingerprint density at radius 2 is 2.27 bits per heavy atom. The van der Waals surface area contributed by atoms with Gasteiger partial charge in [-0.3, -0.25) is 0 Å². The van der Waals surface area contributed by atoms with Gasteiger partial charge in [-0.05, 0) is 7.05 Å². The van der Waals surface area contributed by atoms with E-state index in [1.165, 1.54) is 6.20 Å². The van der Waals surface area contributed by atoms with Crippen LogP contribution >= 0.6 is 22.6 Å². The molecule has 1 heterocycles. The van der Waals surface area contributed by atoms with Crippen LogP contribution in [0.3, 0.4) is 0 Å². The van der Waals surface area contributed by atoms with Crippen molar-refractivity contribution in [1.29, 1.82) is 0 Å². The average molecular weight is 339 g/mol. The van der Waals surface area contributed by atoms with Gasteiger partial charge in [0, 0.05) is 38.5 Å². The molecule has 11 heavy (non-hydrogen) atoms. The Hall–Kier alpha value is 0.784.